The number of hydrogen-bond donors (Lipinski definition) is 1. The summed E-state index contributed by atoms with van der Waals surface area (Å²) in [5.41, 5.74) is 4.62. The quantitative estimate of drug-likeness (QED) is 0.685. The van der Waals surface area contributed by atoms with Crippen LogP contribution in [0.5, 0.6) is 0 Å². The van der Waals surface area contributed by atoms with E-state index in [0.717, 1.165) is 11.3 Å². The zero-order valence-electron chi connectivity index (χ0n) is 15.4. The fourth-order valence-corrected chi connectivity index (χ4v) is 3.04. The number of anilines is 2. The fourth-order valence-electron chi connectivity index (χ4n) is 3.04. The highest BCUT2D eigenvalue weighted by Crippen LogP contribution is 2.34. The second-order valence-corrected chi connectivity index (χ2v) is 7.07. The van der Waals surface area contributed by atoms with Crippen LogP contribution in [0.4, 0.5) is 11.7 Å². The Balaban J connectivity index is 2.13. The maximum Gasteiger partial charge on any atom is 0.348 e. The van der Waals surface area contributed by atoms with Crippen molar-refractivity contribution in [2.45, 2.75) is 46.5 Å². The highest BCUT2D eigenvalue weighted by Gasteiger charge is 2.16. The van der Waals surface area contributed by atoms with Gasteiger partial charge in [0.15, 0.2) is 0 Å². The maximum atomic E-state index is 12.3. The summed E-state index contributed by atoms with van der Waals surface area (Å²) in [6, 6.07) is 12.1. The van der Waals surface area contributed by atoms with Gasteiger partial charge in [0.1, 0.15) is 0 Å². The van der Waals surface area contributed by atoms with Crippen LogP contribution in [-0.4, -0.2) is 4.98 Å². The molecule has 1 N–H and O–H groups in total. The van der Waals surface area contributed by atoms with E-state index in [1.54, 1.807) is 6.07 Å². The second-order valence-electron chi connectivity index (χ2n) is 7.07. The van der Waals surface area contributed by atoms with Gasteiger partial charge in [-0.15, -0.1) is 0 Å². The zero-order chi connectivity index (χ0) is 18.1. The molecule has 0 amide bonds. The predicted octanol–water partition coefficient (Wildman–Crippen LogP) is 5.49. The number of aromatic nitrogens is 1. The van der Waals surface area contributed by atoms with Gasteiger partial charge in [0.2, 0.25) is 0 Å². The van der Waals surface area contributed by atoms with Crippen molar-refractivity contribution in [1.82, 2.24) is 4.98 Å². The molecule has 3 aromatic rings. The van der Waals surface area contributed by atoms with Crippen LogP contribution in [0.25, 0.3) is 10.9 Å². The summed E-state index contributed by atoms with van der Waals surface area (Å²) in [5.74, 6) is 0.687. The summed E-state index contributed by atoms with van der Waals surface area (Å²) in [6.45, 7) is 10.5. The Labute approximate surface area is 147 Å². The molecular weight excluding hydrogens is 312 g/mol. The fraction of sp³-hybridized carbons (Fsp3) is 0.333. The number of para-hydroxylation sites is 1. The summed E-state index contributed by atoms with van der Waals surface area (Å²) in [5, 5.41) is 3.78. The molecule has 25 heavy (non-hydrogen) atoms. The number of hydrogen-bond acceptors (Lipinski definition) is 4. The molecule has 0 aliphatic rings. The van der Waals surface area contributed by atoms with Gasteiger partial charge in [0.05, 0.1) is 10.9 Å². The SMILES string of the molecule is Cc1ccc2nc(Nc3c(C(C)C)cccc3C(C)C)oc(=O)c2c1. The lowest BCUT2D eigenvalue weighted by atomic mass is 9.93. The molecule has 1 heterocycles. The van der Waals surface area contributed by atoms with Gasteiger partial charge in [-0.05, 0) is 42.0 Å². The van der Waals surface area contributed by atoms with E-state index in [0.29, 0.717) is 22.7 Å². The van der Waals surface area contributed by atoms with Gasteiger partial charge in [-0.1, -0.05) is 57.5 Å². The smallest absolute Gasteiger partial charge is 0.348 e. The Morgan fingerprint density at radius 3 is 2.24 bits per heavy atom. The average molecular weight is 336 g/mol. The molecule has 0 unspecified atom stereocenters. The van der Waals surface area contributed by atoms with E-state index in [2.05, 4.69) is 56.2 Å². The first-order valence-electron chi connectivity index (χ1n) is 8.68. The van der Waals surface area contributed by atoms with Crippen LogP contribution in [0.2, 0.25) is 0 Å². The van der Waals surface area contributed by atoms with Gasteiger partial charge in [-0.3, -0.25) is 0 Å². The standard InChI is InChI=1S/C21H24N2O2/c1-12(2)15-7-6-8-16(13(3)4)19(15)23-21-22-18-10-9-14(5)11-17(18)20(24)25-21/h6-13H,1-5H3,(H,22,23). The Kier molecular flexibility index (Phi) is 4.62. The van der Waals surface area contributed by atoms with Gasteiger partial charge in [-0.2, -0.15) is 4.98 Å². The molecule has 3 rings (SSSR count). The minimum absolute atomic E-state index is 0.233. The molecule has 0 saturated carbocycles. The summed E-state index contributed by atoms with van der Waals surface area (Å²) in [4.78, 5) is 16.8. The van der Waals surface area contributed by atoms with Crippen LogP contribution in [0.3, 0.4) is 0 Å². The number of aryl methyl sites for hydroxylation is 1. The van der Waals surface area contributed by atoms with E-state index in [1.165, 1.54) is 11.1 Å². The number of rotatable bonds is 4. The molecule has 4 heteroatoms. The van der Waals surface area contributed by atoms with Crippen molar-refractivity contribution in [2.75, 3.05) is 5.32 Å². The van der Waals surface area contributed by atoms with Gasteiger partial charge in [0, 0.05) is 5.69 Å². The van der Waals surface area contributed by atoms with Crippen LogP contribution in [0, 0.1) is 6.92 Å². The van der Waals surface area contributed by atoms with Gasteiger partial charge >= 0.3 is 11.6 Å². The lowest BCUT2D eigenvalue weighted by Gasteiger charge is -2.19. The van der Waals surface area contributed by atoms with Crippen molar-refractivity contribution in [3.63, 3.8) is 0 Å². The topological polar surface area (TPSA) is 55.1 Å². The van der Waals surface area contributed by atoms with Gasteiger partial charge < -0.3 is 9.73 Å². The zero-order valence-corrected chi connectivity index (χ0v) is 15.4. The van der Waals surface area contributed by atoms with Crippen molar-refractivity contribution < 1.29 is 4.42 Å². The van der Waals surface area contributed by atoms with Crippen LogP contribution in [-0.2, 0) is 0 Å². The molecule has 0 bridgehead atoms. The number of fused-ring (bicyclic) bond motifs is 1. The van der Waals surface area contributed by atoms with Crippen molar-refractivity contribution in [1.29, 1.82) is 0 Å². The third-order valence-corrected chi connectivity index (χ3v) is 4.39. The van der Waals surface area contributed by atoms with E-state index in [1.807, 2.05) is 19.1 Å². The van der Waals surface area contributed by atoms with Crippen molar-refractivity contribution >= 4 is 22.6 Å². The van der Waals surface area contributed by atoms with Crippen LogP contribution < -0.4 is 10.9 Å². The average Bonchev–Trinajstić information content (AvgIpc) is 2.55. The molecule has 0 radical (unpaired) electrons. The van der Waals surface area contributed by atoms with E-state index < -0.39 is 0 Å². The number of nitrogens with zero attached hydrogens (tertiary/aromatic N) is 1. The molecule has 1 aromatic heterocycles. The third-order valence-electron chi connectivity index (χ3n) is 4.39. The lowest BCUT2D eigenvalue weighted by molar-refractivity contribution is 0.521. The predicted molar refractivity (Wildman–Crippen MR) is 103 cm³/mol. The minimum atomic E-state index is -0.371. The molecule has 4 nitrogen and oxygen atoms in total. The highest BCUT2D eigenvalue weighted by molar-refractivity contribution is 5.79. The Morgan fingerprint density at radius 1 is 1.00 bits per heavy atom. The normalized spacial score (nSPS) is 11.5. The molecule has 0 fully saturated rings. The first-order chi connectivity index (χ1) is 11.9. The molecule has 0 aliphatic carbocycles. The molecule has 0 saturated heterocycles. The summed E-state index contributed by atoms with van der Waals surface area (Å²) in [7, 11) is 0. The van der Waals surface area contributed by atoms with Crippen LogP contribution in [0.15, 0.2) is 45.6 Å². The van der Waals surface area contributed by atoms with Crippen molar-refractivity contribution in [3.8, 4) is 0 Å². The Bertz CT molecular complexity index is 945. The van der Waals surface area contributed by atoms with E-state index in [-0.39, 0.29) is 11.6 Å². The van der Waals surface area contributed by atoms with Crippen LogP contribution in [0.1, 0.15) is 56.2 Å². The van der Waals surface area contributed by atoms with Gasteiger partial charge in [0.25, 0.3) is 0 Å². The lowest BCUT2D eigenvalue weighted by Crippen LogP contribution is -2.08. The van der Waals surface area contributed by atoms with Crippen molar-refractivity contribution in [3.05, 3.63) is 63.5 Å². The molecule has 0 atom stereocenters. The Morgan fingerprint density at radius 2 is 1.64 bits per heavy atom. The summed E-state index contributed by atoms with van der Waals surface area (Å²) >= 11 is 0. The Hall–Kier alpha value is -2.62. The van der Waals surface area contributed by atoms with Crippen LogP contribution >= 0.6 is 0 Å². The number of nitrogens with one attached hydrogen (secondary N) is 1. The van der Waals surface area contributed by atoms with Gasteiger partial charge in [-0.25, -0.2) is 4.79 Å². The highest BCUT2D eigenvalue weighted by atomic mass is 16.4. The molecule has 2 aromatic carbocycles. The van der Waals surface area contributed by atoms with Crippen molar-refractivity contribution in [2.24, 2.45) is 0 Å². The first-order valence-corrected chi connectivity index (χ1v) is 8.68. The largest absolute Gasteiger partial charge is 0.388 e. The summed E-state index contributed by atoms with van der Waals surface area (Å²) in [6.07, 6.45) is 0. The monoisotopic (exact) mass is 336 g/mol. The number of benzene rings is 2. The van der Waals surface area contributed by atoms with E-state index >= 15 is 0 Å². The van der Waals surface area contributed by atoms with E-state index in [9.17, 15) is 4.79 Å². The first kappa shape index (κ1) is 17.2. The third kappa shape index (κ3) is 3.43. The molecular formula is C21H24N2O2. The van der Waals surface area contributed by atoms with E-state index in [4.69, 9.17) is 4.42 Å². The minimum Gasteiger partial charge on any atom is -0.388 e. The molecule has 0 spiro atoms. The maximum absolute atomic E-state index is 12.3. The molecule has 0 aliphatic heterocycles. The molecule has 130 valence electrons. The summed E-state index contributed by atoms with van der Waals surface area (Å²) < 4.78 is 5.44. The second kappa shape index (κ2) is 6.71.